The van der Waals surface area contributed by atoms with Crippen LogP contribution in [-0.2, 0) is 16.1 Å². The third-order valence-corrected chi connectivity index (χ3v) is 5.92. The summed E-state index contributed by atoms with van der Waals surface area (Å²) >= 11 is 11.9. The van der Waals surface area contributed by atoms with Gasteiger partial charge in [0.25, 0.3) is 0 Å². The van der Waals surface area contributed by atoms with Crippen LogP contribution in [0.15, 0.2) is 71.5 Å². The lowest BCUT2D eigenvalue weighted by Gasteiger charge is -2.20. The van der Waals surface area contributed by atoms with Gasteiger partial charge in [-0.3, -0.25) is 14.4 Å². The number of pyridine rings is 1. The summed E-state index contributed by atoms with van der Waals surface area (Å²) in [6, 6.07) is 19.1. The third kappa shape index (κ3) is 4.33. The Kier molecular flexibility index (Phi) is 6.17. The minimum absolute atomic E-state index is 0.0160. The molecule has 0 bridgehead atoms. The maximum Gasteiger partial charge on any atom is 0.243 e. The third-order valence-electron chi connectivity index (χ3n) is 5.18. The summed E-state index contributed by atoms with van der Waals surface area (Å²) in [5.41, 5.74) is 1.74. The zero-order valence-corrected chi connectivity index (χ0v) is 18.7. The van der Waals surface area contributed by atoms with Gasteiger partial charge >= 0.3 is 0 Å². The first-order valence-electron chi connectivity index (χ1n) is 9.84. The molecule has 0 spiro atoms. The molecular weight excluding hydrogens is 449 g/mol. The Morgan fingerprint density at radius 1 is 0.906 bits per heavy atom. The fraction of sp³-hybridized carbons (Fsp3) is 0.125. The highest BCUT2D eigenvalue weighted by Gasteiger charge is 2.17. The minimum Gasteiger partial charge on any atom is -0.335 e. The second-order valence-electron chi connectivity index (χ2n) is 7.38. The van der Waals surface area contributed by atoms with Crippen molar-refractivity contribution in [1.29, 1.82) is 0 Å². The van der Waals surface area contributed by atoms with E-state index in [1.54, 1.807) is 49.5 Å². The minimum atomic E-state index is -0.367. The van der Waals surface area contributed by atoms with Crippen molar-refractivity contribution in [3.63, 3.8) is 0 Å². The zero-order chi connectivity index (χ0) is 22.8. The molecule has 0 aliphatic carbocycles. The lowest BCUT2D eigenvalue weighted by Crippen LogP contribution is -2.37. The summed E-state index contributed by atoms with van der Waals surface area (Å²) in [7, 11) is 1.56. The van der Waals surface area contributed by atoms with Crippen LogP contribution in [0.25, 0.3) is 21.8 Å². The molecule has 2 amide bonds. The van der Waals surface area contributed by atoms with Crippen molar-refractivity contribution in [3.8, 4) is 0 Å². The van der Waals surface area contributed by atoms with Crippen molar-refractivity contribution in [3.05, 3.63) is 87.0 Å². The second-order valence-corrected chi connectivity index (χ2v) is 8.19. The number of fused-ring (bicyclic) bond motifs is 2. The highest BCUT2D eigenvalue weighted by atomic mass is 35.5. The van der Waals surface area contributed by atoms with Gasteiger partial charge in [0.15, 0.2) is 5.43 Å². The maximum atomic E-state index is 13.0. The number of nitrogens with zero attached hydrogens (tertiary/aromatic N) is 2. The first-order valence-corrected chi connectivity index (χ1v) is 10.6. The fourth-order valence-corrected chi connectivity index (χ4v) is 3.88. The molecule has 0 aliphatic rings. The quantitative estimate of drug-likeness (QED) is 0.437. The lowest BCUT2D eigenvalue weighted by molar-refractivity contribution is -0.133. The van der Waals surface area contributed by atoms with Gasteiger partial charge in [-0.05, 0) is 42.5 Å². The van der Waals surface area contributed by atoms with Crippen LogP contribution in [0.3, 0.4) is 0 Å². The summed E-state index contributed by atoms with van der Waals surface area (Å²) in [6.07, 6.45) is 0. The van der Waals surface area contributed by atoms with E-state index in [4.69, 9.17) is 23.2 Å². The Bertz CT molecular complexity index is 1360. The molecule has 6 nitrogen and oxygen atoms in total. The molecule has 0 saturated heterocycles. The number of aromatic nitrogens is 1. The molecule has 0 unspecified atom stereocenters. The summed E-state index contributed by atoms with van der Waals surface area (Å²) in [5.74, 6) is -0.637. The van der Waals surface area contributed by atoms with Gasteiger partial charge in [0.05, 0.1) is 27.6 Å². The largest absolute Gasteiger partial charge is 0.335 e. The molecular formula is C24H19Cl2N3O3. The molecule has 1 N–H and O–H groups in total. The summed E-state index contributed by atoms with van der Waals surface area (Å²) in [6.45, 7) is -0.160. The number of benzene rings is 3. The Morgan fingerprint density at radius 2 is 1.50 bits per heavy atom. The Labute approximate surface area is 194 Å². The predicted molar refractivity (Wildman–Crippen MR) is 128 cm³/mol. The molecule has 0 atom stereocenters. The number of anilines is 1. The molecule has 0 radical (unpaired) electrons. The topological polar surface area (TPSA) is 71.4 Å². The first-order chi connectivity index (χ1) is 15.3. The van der Waals surface area contributed by atoms with Gasteiger partial charge in [0.1, 0.15) is 6.54 Å². The van der Waals surface area contributed by atoms with Crippen LogP contribution in [0.2, 0.25) is 10.0 Å². The molecule has 162 valence electrons. The summed E-state index contributed by atoms with van der Waals surface area (Å²) in [4.78, 5) is 39.6. The predicted octanol–water partition coefficient (Wildman–Crippen LogP) is 4.56. The van der Waals surface area contributed by atoms with E-state index in [1.807, 2.05) is 28.8 Å². The zero-order valence-electron chi connectivity index (χ0n) is 17.1. The Balaban J connectivity index is 1.56. The number of amides is 2. The van der Waals surface area contributed by atoms with Crippen LogP contribution in [0.5, 0.6) is 0 Å². The van der Waals surface area contributed by atoms with E-state index in [2.05, 4.69) is 5.32 Å². The van der Waals surface area contributed by atoms with Crippen LogP contribution in [0.1, 0.15) is 0 Å². The number of halogens is 2. The van der Waals surface area contributed by atoms with Crippen molar-refractivity contribution < 1.29 is 9.59 Å². The number of likely N-dealkylation sites (N-methyl/N-ethyl adjacent to an activating group) is 1. The smallest absolute Gasteiger partial charge is 0.243 e. The van der Waals surface area contributed by atoms with Gasteiger partial charge in [-0.15, -0.1) is 0 Å². The average Bonchev–Trinajstić information content (AvgIpc) is 2.79. The van der Waals surface area contributed by atoms with Crippen LogP contribution in [0.4, 0.5) is 5.69 Å². The molecule has 1 heterocycles. The van der Waals surface area contributed by atoms with E-state index in [1.165, 1.54) is 4.90 Å². The molecule has 32 heavy (non-hydrogen) atoms. The number of rotatable bonds is 5. The van der Waals surface area contributed by atoms with Gasteiger partial charge in [-0.1, -0.05) is 47.5 Å². The molecule has 8 heteroatoms. The second kappa shape index (κ2) is 9.02. The molecule has 0 aliphatic heterocycles. The van der Waals surface area contributed by atoms with Crippen molar-refractivity contribution in [2.24, 2.45) is 0 Å². The number of hydrogen-bond acceptors (Lipinski definition) is 3. The molecule has 4 aromatic rings. The molecule has 1 aromatic heterocycles. The van der Waals surface area contributed by atoms with Crippen molar-refractivity contribution in [1.82, 2.24) is 9.47 Å². The van der Waals surface area contributed by atoms with Gasteiger partial charge in [-0.2, -0.15) is 0 Å². The highest BCUT2D eigenvalue weighted by molar-refractivity contribution is 6.42. The number of hydrogen-bond donors (Lipinski definition) is 1. The van der Waals surface area contributed by atoms with Crippen molar-refractivity contribution in [2.45, 2.75) is 6.54 Å². The number of carbonyl (C=O) groups is 2. The molecule has 0 saturated carbocycles. The van der Waals surface area contributed by atoms with E-state index in [0.29, 0.717) is 37.5 Å². The first kappa shape index (κ1) is 21.9. The Morgan fingerprint density at radius 3 is 2.09 bits per heavy atom. The fourth-order valence-electron chi connectivity index (χ4n) is 3.58. The van der Waals surface area contributed by atoms with E-state index >= 15 is 0 Å². The normalized spacial score (nSPS) is 11.0. The van der Waals surface area contributed by atoms with E-state index in [-0.39, 0.29) is 30.3 Å². The van der Waals surface area contributed by atoms with Gasteiger partial charge in [-0.25, -0.2) is 0 Å². The van der Waals surface area contributed by atoms with Crippen LogP contribution < -0.4 is 10.7 Å². The maximum absolute atomic E-state index is 13.0. The molecule has 0 fully saturated rings. The summed E-state index contributed by atoms with van der Waals surface area (Å²) in [5, 5.41) is 4.50. The lowest BCUT2D eigenvalue weighted by atomic mass is 10.1. The van der Waals surface area contributed by atoms with E-state index in [9.17, 15) is 14.4 Å². The summed E-state index contributed by atoms with van der Waals surface area (Å²) < 4.78 is 1.81. The van der Waals surface area contributed by atoms with E-state index < -0.39 is 0 Å². The van der Waals surface area contributed by atoms with Crippen LogP contribution in [0, 0.1) is 0 Å². The average molecular weight is 468 g/mol. The highest BCUT2D eigenvalue weighted by Crippen LogP contribution is 2.25. The molecule has 4 rings (SSSR count). The number of carbonyl (C=O) groups excluding carboxylic acids is 2. The van der Waals surface area contributed by atoms with E-state index in [0.717, 1.165) is 0 Å². The standard InChI is InChI=1S/C24H19Cl2N3O3/c1-28(13-22(30)27-15-10-11-18(25)19(26)12-15)23(31)14-29-20-8-4-2-6-16(20)24(32)17-7-3-5-9-21(17)29/h2-12H,13-14H2,1H3,(H,27,30). The van der Waals surface area contributed by atoms with Crippen LogP contribution >= 0.6 is 23.2 Å². The molecule has 3 aromatic carbocycles. The SMILES string of the molecule is CN(CC(=O)Nc1ccc(Cl)c(Cl)c1)C(=O)Cn1c2ccccc2c(=O)c2ccccc21. The number of para-hydroxylation sites is 2. The van der Waals surface area contributed by atoms with Gasteiger partial charge in [0, 0.05) is 23.5 Å². The Hall–Kier alpha value is -3.35. The van der Waals surface area contributed by atoms with Crippen LogP contribution in [-0.4, -0.2) is 34.9 Å². The van der Waals surface area contributed by atoms with Crippen molar-refractivity contribution in [2.75, 3.05) is 18.9 Å². The number of nitrogens with one attached hydrogen (secondary N) is 1. The van der Waals surface area contributed by atoms with Gasteiger partial charge in [0.2, 0.25) is 11.8 Å². The van der Waals surface area contributed by atoms with Crippen molar-refractivity contribution >= 4 is 62.5 Å². The van der Waals surface area contributed by atoms with Gasteiger partial charge < -0.3 is 14.8 Å². The monoisotopic (exact) mass is 467 g/mol.